The molecule has 4 aliphatic rings. The Labute approximate surface area is 164 Å². The molecule has 0 saturated carbocycles. The van der Waals surface area contributed by atoms with E-state index in [0.29, 0.717) is 13.2 Å². The lowest BCUT2D eigenvalue weighted by Gasteiger charge is -2.13. The van der Waals surface area contributed by atoms with Gasteiger partial charge in [-0.25, -0.2) is 0 Å². The minimum absolute atomic E-state index is 0.651. The van der Waals surface area contributed by atoms with E-state index in [1.165, 1.54) is 21.2 Å². The largest absolute Gasteiger partial charge is 0.480 e. The monoisotopic (exact) mass is 427 g/mol. The van der Waals surface area contributed by atoms with Gasteiger partial charge in [-0.2, -0.15) is 0 Å². The first-order chi connectivity index (χ1) is 11.8. The maximum atomic E-state index is 5.67. The van der Waals surface area contributed by atoms with Gasteiger partial charge in [-0.1, -0.05) is 53.1 Å². The van der Waals surface area contributed by atoms with Crippen LogP contribution in [0.4, 0.5) is 0 Å². The van der Waals surface area contributed by atoms with E-state index in [9.17, 15) is 0 Å². The first-order valence-electron chi connectivity index (χ1n) is 7.02. The molecule has 3 nitrogen and oxygen atoms in total. The molecule has 1 aromatic heterocycles. The predicted molar refractivity (Wildman–Crippen MR) is 111 cm³/mol. The van der Waals surface area contributed by atoms with Crippen molar-refractivity contribution in [3.63, 3.8) is 0 Å². The Morgan fingerprint density at radius 2 is 1.46 bits per heavy atom. The summed E-state index contributed by atoms with van der Waals surface area (Å²) in [6.07, 6.45) is 5.90. The van der Waals surface area contributed by atoms with E-state index in [2.05, 4.69) is 17.1 Å². The Kier molecular flexibility index (Phi) is 4.57. The quantitative estimate of drug-likeness (QED) is 0.516. The summed E-state index contributed by atoms with van der Waals surface area (Å²) < 4.78 is 18.1. The molecule has 0 fully saturated rings. The fourth-order valence-electron chi connectivity index (χ4n) is 2.14. The molecule has 0 aromatic carbocycles. The first-order valence-corrected chi connectivity index (χ1v) is 11.9. The maximum absolute atomic E-state index is 5.67. The molecule has 0 atom stereocenters. The fraction of sp³-hybridized carbons (Fsp3) is 0.133. The second-order valence-corrected chi connectivity index (χ2v) is 12.2. The van der Waals surface area contributed by atoms with Gasteiger partial charge in [0.15, 0.2) is 0 Å². The molecule has 5 rings (SSSR count). The van der Waals surface area contributed by atoms with Crippen molar-refractivity contribution in [2.24, 2.45) is 0 Å². The van der Waals surface area contributed by atoms with Gasteiger partial charge in [0.2, 0.25) is 10.2 Å². The maximum Gasteiger partial charge on any atom is 0.208 e. The van der Waals surface area contributed by atoms with Crippen LogP contribution in [0, 0.1) is 0 Å². The molecule has 0 aliphatic carbocycles. The van der Waals surface area contributed by atoms with Gasteiger partial charge in [-0.05, 0) is 41.2 Å². The van der Waals surface area contributed by atoms with Crippen molar-refractivity contribution in [3.8, 4) is 0 Å². The van der Waals surface area contributed by atoms with Gasteiger partial charge >= 0.3 is 0 Å². The number of hydrogen-bond donors (Lipinski definition) is 0. The topological polar surface area (TPSA) is 31.4 Å². The van der Waals surface area contributed by atoms with Crippen LogP contribution in [0.25, 0.3) is 6.08 Å². The van der Waals surface area contributed by atoms with Gasteiger partial charge in [0.25, 0.3) is 0 Å². The zero-order chi connectivity index (χ0) is 15.9. The van der Waals surface area contributed by atoms with Crippen molar-refractivity contribution in [3.05, 3.63) is 61.5 Å². The van der Waals surface area contributed by atoms with Crippen LogP contribution in [0.15, 0.2) is 55.9 Å². The van der Waals surface area contributed by atoms with Crippen LogP contribution in [0.5, 0.6) is 0 Å². The van der Waals surface area contributed by atoms with Gasteiger partial charge in [-0.3, -0.25) is 4.98 Å². The fourth-order valence-corrected chi connectivity index (χ4v) is 11.0. The van der Waals surface area contributed by atoms with Crippen molar-refractivity contribution in [1.82, 2.24) is 4.98 Å². The zero-order valence-corrected chi connectivity index (χ0v) is 16.9. The molecule has 0 radical (unpaired) electrons. The molecular weight excluding hydrogens is 419 g/mol. The van der Waals surface area contributed by atoms with E-state index in [1.807, 2.05) is 59.3 Å². The number of ether oxygens (including phenoxy) is 2. The highest BCUT2D eigenvalue weighted by Crippen LogP contribution is 2.69. The minimum atomic E-state index is 0.651. The lowest BCUT2D eigenvalue weighted by molar-refractivity contribution is 0.0949. The Hall–Kier alpha value is -0.190. The summed E-state index contributed by atoms with van der Waals surface area (Å²) >= 11 is 10.8. The van der Waals surface area contributed by atoms with E-state index in [0.717, 1.165) is 15.7 Å². The summed E-state index contributed by atoms with van der Waals surface area (Å²) in [6, 6.07) is 4.05. The molecule has 122 valence electrons. The van der Waals surface area contributed by atoms with Gasteiger partial charge < -0.3 is 9.47 Å². The van der Waals surface area contributed by atoms with Crippen molar-refractivity contribution < 1.29 is 9.47 Å². The van der Waals surface area contributed by atoms with Crippen molar-refractivity contribution >= 4 is 76.6 Å². The second kappa shape index (κ2) is 6.85. The Morgan fingerprint density at radius 3 is 2.08 bits per heavy atom. The molecule has 0 spiro atoms. The standard InChI is InChI=1S/C15H9NO2S6/c1-2-8(7-16-3-1)6-9-19-12-13(20-9)24-15(23-12)14-21-10-11(22-14)18-5-4-17-10/h1-3,6-7H,4-5H2. The average molecular weight is 428 g/mol. The SMILES string of the molecule is C(=C1SC2=C(S1)SC(=C1SC3=C(OCCO3)S1)S2)c1cccnc1. The van der Waals surface area contributed by atoms with Gasteiger partial charge in [-0.15, -0.1) is 0 Å². The summed E-state index contributed by atoms with van der Waals surface area (Å²) in [4.78, 5) is 4.17. The van der Waals surface area contributed by atoms with Gasteiger partial charge in [0.05, 0.1) is 21.2 Å². The second-order valence-electron chi connectivity index (χ2n) is 4.78. The Balaban J connectivity index is 1.28. The highest BCUT2D eigenvalue weighted by Gasteiger charge is 2.36. The number of hydrogen-bond acceptors (Lipinski definition) is 9. The smallest absolute Gasteiger partial charge is 0.208 e. The van der Waals surface area contributed by atoms with E-state index in [4.69, 9.17) is 9.47 Å². The molecule has 0 N–H and O–H groups in total. The normalized spacial score (nSPS) is 22.6. The summed E-state index contributed by atoms with van der Waals surface area (Å²) in [5.74, 6) is 0. The highest BCUT2D eigenvalue weighted by molar-refractivity contribution is 8.49. The third-order valence-electron chi connectivity index (χ3n) is 3.15. The van der Waals surface area contributed by atoms with E-state index >= 15 is 0 Å². The lowest BCUT2D eigenvalue weighted by Crippen LogP contribution is -2.08. The predicted octanol–water partition coefficient (Wildman–Crippen LogP) is 6.25. The van der Waals surface area contributed by atoms with E-state index < -0.39 is 0 Å². The summed E-state index contributed by atoms with van der Waals surface area (Å²) in [6.45, 7) is 1.30. The molecule has 0 bridgehead atoms. The van der Waals surface area contributed by atoms with Gasteiger partial charge in [0, 0.05) is 12.4 Å². The van der Waals surface area contributed by atoms with Crippen LogP contribution in [-0.4, -0.2) is 18.2 Å². The molecular formula is C15H9NO2S6. The average Bonchev–Trinajstić information content (AvgIpc) is 3.27. The van der Waals surface area contributed by atoms with Crippen LogP contribution in [0.2, 0.25) is 0 Å². The number of aromatic nitrogens is 1. The summed E-state index contributed by atoms with van der Waals surface area (Å²) in [7, 11) is 0. The zero-order valence-electron chi connectivity index (χ0n) is 12.0. The molecule has 24 heavy (non-hydrogen) atoms. The van der Waals surface area contributed by atoms with Crippen molar-refractivity contribution in [1.29, 1.82) is 0 Å². The van der Waals surface area contributed by atoms with Crippen LogP contribution in [0.1, 0.15) is 5.56 Å². The number of thioether (sulfide) groups is 6. The molecule has 4 aliphatic heterocycles. The molecule has 0 amide bonds. The molecule has 1 aromatic rings. The summed E-state index contributed by atoms with van der Waals surface area (Å²) in [5.41, 5.74) is 1.15. The van der Waals surface area contributed by atoms with Crippen LogP contribution in [0.3, 0.4) is 0 Å². The van der Waals surface area contributed by atoms with E-state index in [1.54, 1.807) is 29.7 Å². The number of nitrogens with zero attached hydrogens (tertiary/aromatic N) is 1. The van der Waals surface area contributed by atoms with Crippen LogP contribution >= 0.6 is 70.6 Å². The number of rotatable bonds is 1. The van der Waals surface area contributed by atoms with E-state index in [-0.39, 0.29) is 0 Å². The van der Waals surface area contributed by atoms with Gasteiger partial charge in [0.1, 0.15) is 13.2 Å². The molecule has 5 heterocycles. The van der Waals surface area contributed by atoms with Crippen molar-refractivity contribution in [2.45, 2.75) is 0 Å². The minimum Gasteiger partial charge on any atom is -0.480 e. The lowest BCUT2D eigenvalue weighted by atomic mass is 10.3. The third-order valence-corrected chi connectivity index (χ3v) is 11.5. The Bertz CT molecular complexity index is 788. The van der Waals surface area contributed by atoms with Crippen LogP contribution in [-0.2, 0) is 9.47 Å². The molecule has 9 heteroatoms. The van der Waals surface area contributed by atoms with Crippen LogP contribution < -0.4 is 0 Å². The molecule has 0 unspecified atom stereocenters. The molecule has 0 saturated heterocycles. The van der Waals surface area contributed by atoms with Crippen molar-refractivity contribution in [2.75, 3.05) is 13.2 Å². The first kappa shape index (κ1) is 16.0. The highest BCUT2D eigenvalue weighted by atomic mass is 32.3. The third kappa shape index (κ3) is 3.14. The number of pyridine rings is 1. The Morgan fingerprint density at radius 1 is 0.833 bits per heavy atom. The summed E-state index contributed by atoms with van der Waals surface area (Å²) in [5, 5.41) is 1.86.